The van der Waals surface area contributed by atoms with Crippen LogP contribution in [0.3, 0.4) is 0 Å². The lowest BCUT2D eigenvalue weighted by atomic mass is 10.2. The summed E-state index contributed by atoms with van der Waals surface area (Å²) >= 11 is 1.16. The molecule has 0 unspecified atom stereocenters. The van der Waals surface area contributed by atoms with Gasteiger partial charge in [-0.2, -0.15) is 0 Å². The first kappa shape index (κ1) is 18.2. The van der Waals surface area contributed by atoms with Crippen LogP contribution in [0.1, 0.15) is 20.8 Å². The van der Waals surface area contributed by atoms with E-state index in [1.807, 2.05) is 31.2 Å². The highest BCUT2D eigenvalue weighted by Gasteiger charge is 2.20. The van der Waals surface area contributed by atoms with Crippen LogP contribution in [-0.4, -0.2) is 38.4 Å². The molecule has 0 spiro atoms. The maximum absolute atomic E-state index is 12.7. The minimum atomic E-state index is -1.05. The number of rotatable bonds is 5. The van der Waals surface area contributed by atoms with Crippen LogP contribution in [0.25, 0.3) is 10.2 Å². The Morgan fingerprint density at radius 1 is 1.35 bits per heavy atom. The van der Waals surface area contributed by atoms with Crippen molar-refractivity contribution in [2.45, 2.75) is 26.5 Å². The van der Waals surface area contributed by atoms with Gasteiger partial charge in [0.25, 0.3) is 11.5 Å². The predicted octanol–water partition coefficient (Wildman–Crippen LogP) is 1.68. The summed E-state index contributed by atoms with van der Waals surface area (Å²) in [6, 6.07) is 7.45. The molecule has 0 saturated carbocycles. The highest BCUT2D eigenvalue weighted by atomic mass is 32.1. The third-order valence-electron chi connectivity index (χ3n) is 4.13. The predicted molar refractivity (Wildman–Crippen MR) is 101 cm³/mol. The number of aliphatic hydroxyl groups is 2. The number of amides is 1. The lowest BCUT2D eigenvalue weighted by Gasteiger charge is -2.09. The number of fused-ring (bicyclic) bond motifs is 1. The highest BCUT2D eigenvalue weighted by Crippen LogP contribution is 2.28. The molecule has 0 fully saturated rings. The molecular weight excluding hydrogens is 354 g/mol. The molecule has 0 aliphatic heterocycles. The zero-order valence-electron chi connectivity index (χ0n) is 14.4. The monoisotopic (exact) mass is 373 g/mol. The van der Waals surface area contributed by atoms with Crippen molar-refractivity contribution in [2.24, 2.45) is 0 Å². The van der Waals surface area contributed by atoms with Gasteiger partial charge in [0, 0.05) is 5.69 Å². The number of carbonyl (C=O) groups is 1. The Kier molecular flexibility index (Phi) is 5.17. The van der Waals surface area contributed by atoms with Gasteiger partial charge >= 0.3 is 0 Å². The van der Waals surface area contributed by atoms with Crippen LogP contribution >= 0.6 is 11.3 Å². The molecule has 3 rings (SSSR count). The second kappa shape index (κ2) is 7.36. The molecule has 0 radical (unpaired) electrons. The van der Waals surface area contributed by atoms with Crippen molar-refractivity contribution < 1.29 is 15.0 Å². The number of anilines is 1. The van der Waals surface area contributed by atoms with Crippen molar-refractivity contribution in [3.05, 3.63) is 57.0 Å². The summed E-state index contributed by atoms with van der Waals surface area (Å²) in [4.78, 5) is 30.4. The second-order valence-electron chi connectivity index (χ2n) is 6.04. The quantitative estimate of drug-likeness (QED) is 0.631. The largest absolute Gasteiger partial charge is 0.394 e. The van der Waals surface area contributed by atoms with Gasteiger partial charge < -0.3 is 15.5 Å². The Bertz CT molecular complexity index is 1020. The molecule has 0 aliphatic carbocycles. The Labute approximate surface area is 153 Å². The number of aromatic nitrogens is 2. The topological polar surface area (TPSA) is 104 Å². The SMILES string of the molecule is Cc1ccccc1NC(=O)c1sc2ncn(C[C@@H](O)CO)c(=O)c2c1C. The number of benzene rings is 1. The van der Waals surface area contributed by atoms with E-state index in [0.29, 0.717) is 26.3 Å². The van der Waals surface area contributed by atoms with Gasteiger partial charge in [0.05, 0.1) is 35.8 Å². The summed E-state index contributed by atoms with van der Waals surface area (Å²) in [7, 11) is 0. The van der Waals surface area contributed by atoms with Crippen molar-refractivity contribution in [1.29, 1.82) is 0 Å². The lowest BCUT2D eigenvalue weighted by molar-refractivity contribution is 0.0802. The Hall–Kier alpha value is -2.55. The number of hydrogen-bond acceptors (Lipinski definition) is 6. The Morgan fingerprint density at radius 2 is 2.08 bits per heavy atom. The van der Waals surface area contributed by atoms with Gasteiger partial charge in [-0.1, -0.05) is 18.2 Å². The summed E-state index contributed by atoms with van der Waals surface area (Å²) in [6.45, 7) is 3.11. The highest BCUT2D eigenvalue weighted by molar-refractivity contribution is 7.20. The normalized spacial score (nSPS) is 12.3. The van der Waals surface area contributed by atoms with Crippen LogP contribution < -0.4 is 10.9 Å². The number of nitrogens with one attached hydrogen (secondary N) is 1. The maximum atomic E-state index is 12.7. The maximum Gasteiger partial charge on any atom is 0.266 e. The summed E-state index contributed by atoms with van der Waals surface area (Å²) in [6.07, 6.45) is 0.275. The second-order valence-corrected chi connectivity index (χ2v) is 7.04. The molecule has 2 heterocycles. The number of carbonyl (C=O) groups excluding carboxylic acids is 1. The Balaban J connectivity index is 1.99. The van der Waals surface area contributed by atoms with E-state index in [4.69, 9.17) is 5.11 Å². The van der Waals surface area contributed by atoms with E-state index in [2.05, 4.69) is 10.3 Å². The van der Waals surface area contributed by atoms with Gasteiger partial charge in [-0.15, -0.1) is 11.3 Å². The fourth-order valence-electron chi connectivity index (χ4n) is 2.68. The van der Waals surface area contributed by atoms with Gasteiger partial charge in [0.1, 0.15) is 4.83 Å². The van der Waals surface area contributed by atoms with Gasteiger partial charge in [0.2, 0.25) is 0 Å². The molecule has 0 aliphatic rings. The van der Waals surface area contributed by atoms with Gasteiger partial charge in [-0.05, 0) is 31.0 Å². The smallest absolute Gasteiger partial charge is 0.266 e. The first-order valence-corrected chi connectivity index (χ1v) is 8.88. The molecule has 1 amide bonds. The van der Waals surface area contributed by atoms with Gasteiger partial charge in [-0.25, -0.2) is 4.98 Å². The summed E-state index contributed by atoms with van der Waals surface area (Å²) in [5.74, 6) is -0.291. The van der Waals surface area contributed by atoms with Crippen molar-refractivity contribution >= 4 is 33.1 Å². The van der Waals surface area contributed by atoms with E-state index in [1.54, 1.807) is 6.92 Å². The van der Waals surface area contributed by atoms with Crippen molar-refractivity contribution in [3.63, 3.8) is 0 Å². The van der Waals surface area contributed by atoms with Crippen LogP contribution in [0, 0.1) is 13.8 Å². The number of thiophene rings is 1. The minimum absolute atomic E-state index is 0.0572. The fourth-order valence-corrected chi connectivity index (χ4v) is 3.72. The molecule has 0 saturated heterocycles. The standard InChI is InChI=1S/C18H19N3O4S/c1-10-5-3-4-6-13(10)20-16(24)15-11(2)14-17(26-15)19-9-21(18(14)25)7-12(23)8-22/h3-6,9,12,22-23H,7-8H2,1-2H3,(H,20,24)/t12-/m1/s1. The van der Waals surface area contributed by atoms with Crippen molar-refractivity contribution in [3.8, 4) is 0 Å². The van der Waals surface area contributed by atoms with Crippen LogP contribution in [0.15, 0.2) is 35.4 Å². The van der Waals surface area contributed by atoms with Crippen LogP contribution in [-0.2, 0) is 6.54 Å². The number of nitrogens with zero attached hydrogens (tertiary/aromatic N) is 2. The molecule has 8 heteroatoms. The van der Waals surface area contributed by atoms with E-state index < -0.39 is 12.7 Å². The zero-order valence-corrected chi connectivity index (χ0v) is 15.2. The zero-order chi connectivity index (χ0) is 18.8. The molecule has 26 heavy (non-hydrogen) atoms. The van der Waals surface area contributed by atoms with Gasteiger partial charge in [0.15, 0.2) is 0 Å². The molecule has 136 valence electrons. The molecule has 3 aromatic rings. The Morgan fingerprint density at radius 3 is 2.77 bits per heavy atom. The van der Waals surface area contributed by atoms with Crippen molar-refractivity contribution in [2.75, 3.05) is 11.9 Å². The van der Waals surface area contributed by atoms with Crippen LogP contribution in [0.5, 0.6) is 0 Å². The first-order chi connectivity index (χ1) is 12.4. The lowest BCUT2D eigenvalue weighted by Crippen LogP contribution is -2.28. The van der Waals surface area contributed by atoms with Crippen LogP contribution in [0.2, 0.25) is 0 Å². The molecule has 2 aromatic heterocycles. The van der Waals surface area contributed by atoms with E-state index in [1.165, 1.54) is 10.9 Å². The molecular formula is C18H19N3O4S. The van der Waals surface area contributed by atoms with E-state index in [9.17, 15) is 14.7 Å². The third kappa shape index (κ3) is 3.39. The summed E-state index contributed by atoms with van der Waals surface area (Å²) < 4.78 is 1.24. The summed E-state index contributed by atoms with van der Waals surface area (Å²) in [5, 5.41) is 21.7. The minimum Gasteiger partial charge on any atom is -0.394 e. The van der Waals surface area contributed by atoms with E-state index in [-0.39, 0.29) is 18.0 Å². The average Bonchev–Trinajstić information content (AvgIpc) is 2.96. The number of para-hydroxylation sites is 1. The number of aryl methyl sites for hydroxylation is 2. The van der Waals surface area contributed by atoms with E-state index in [0.717, 1.165) is 16.9 Å². The number of aliphatic hydroxyl groups excluding tert-OH is 2. The molecule has 1 aromatic carbocycles. The molecule has 7 nitrogen and oxygen atoms in total. The average molecular weight is 373 g/mol. The summed E-state index contributed by atoms with van der Waals surface area (Å²) in [5.41, 5.74) is 1.87. The molecule has 3 N–H and O–H groups in total. The molecule has 0 bridgehead atoms. The number of hydrogen-bond donors (Lipinski definition) is 3. The third-order valence-corrected chi connectivity index (χ3v) is 5.33. The van der Waals surface area contributed by atoms with Crippen molar-refractivity contribution in [1.82, 2.24) is 9.55 Å². The molecule has 1 atom stereocenters. The van der Waals surface area contributed by atoms with E-state index >= 15 is 0 Å². The van der Waals surface area contributed by atoms with Gasteiger partial charge in [-0.3, -0.25) is 14.2 Å². The fraction of sp³-hybridized carbons (Fsp3) is 0.278. The first-order valence-electron chi connectivity index (χ1n) is 8.06. The van der Waals surface area contributed by atoms with Crippen LogP contribution in [0.4, 0.5) is 5.69 Å².